The minimum atomic E-state index is -4.32. The average molecular weight is 290 g/mol. The molecule has 1 rings (SSSR count). The van der Waals surface area contributed by atoms with Crippen LogP contribution in [-0.4, -0.2) is 24.7 Å². The highest BCUT2D eigenvalue weighted by atomic mass is 19.4. The van der Waals surface area contributed by atoms with Crippen LogP contribution in [0.3, 0.4) is 0 Å². The van der Waals surface area contributed by atoms with Crippen molar-refractivity contribution in [2.24, 2.45) is 5.73 Å². The van der Waals surface area contributed by atoms with Crippen LogP contribution in [0.2, 0.25) is 0 Å². The lowest BCUT2D eigenvalue weighted by molar-refractivity contribution is -0.176. The molecule has 0 heterocycles. The van der Waals surface area contributed by atoms with Gasteiger partial charge in [-0.25, -0.2) is 0 Å². The predicted molar refractivity (Wildman–Crippen MR) is 67.6 cm³/mol. The second kappa shape index (κ2) is 7.25. The topological polar surface area (TPSA) is 64.4 Å². The van der Waals surface area contributed by atoms with Crippen molar-refractivity contribution in [1.82, 2.24) is 5.32 Å². The molecule has 1 amide bonds. The minimum absolute atomic E-state index is 0.105. The van der Waals surface area contributed by atoms with Crippen LogP contribution in [0.25, 0.3) is 0 Å². The van der Waals surface area contributed by atoms with Crippen molar-refractivity contribution < 1.29 is 22.7 Å². The molecule has 0 aromatic heterocycles. The number of hydrogen-bond acceptors (Lipinski definition) is 3. The molecule has 112 valence electrons. The van der Waals surface area contributed by atoms with Crippen LogP contribution >= 0.6 is 0 Å². The van der Waals surface area contributed by atoms with E-state index in [0.29, 0.717) is 12.1 Å². The largest absolute Gasteiger partial charge is 0.411 e. The Morgan fingerprint density at radius 1 is 1.30 bits per heavy atom. The third-order valence-corrected chi connectivity index (χ3v) is 2.44. The highest BCUT2D eigenvalue weighted by Gasteiger charge is 2.27. The average Bonchev–Trinajstić information content (AvgIpc) is 2.35. The number of carbonyl (C=O) groups excluding carboxylic acids is 1. The predicted octanol–water partition coefficient (Wildman–Crippen LogP) is 1.73. The normalized spacial score (nSPS) is 13.1. The van der Waals surface area contributed by atoms with Crippen LogP contribution in [0.1, 0.15) is 18.1 Å². The molecule has 0 aliphatic carbocycles. The van der Waals surface area contributed by atoms with E-state index < -0.39 is 18.8 Å². The van der Waals surface area contributed by atoms with Gasteiger partial charge in [-0.05, 0) is 18.1 Å². The number of halogens is 3. The molecule has 0 spiro atoms. The quantitative estimate of drug-likeness (QED) is 0.838. The molecule has 0 saturated carbocycles. The van der Waals surface area contributed by atoms with Gasteiger partial charge in [0.25, 0.3) is 0 Å². The fraction of sp³-hybridized carbons (Fsp3) is 0.462. The molecule has 1 aromatic rings. The summed E-state index contributed by atoms with van der Waals surface area (Å²) in [5.74, 6) is -0.261. The summed E-state index contributed by atoms with van der Waals surface area (Å²) in [6.07, 6.45) is -4.32. The van der Waals surface area contributed by atoms with E-state index in [0.717, 1.165) is 5.56 Å². The monoisotopic (exact) mass is 290 g/mol. The van der Waals surface area contributed by atoms with Crippen LogP contribution in [0.15, 0.2) is 24.3 Å². The first-order chi connectivity index (χ1) is 9.28. The Balaban J connectivity index is 2.38. The maximum Gasteiger partial charge on any atom is 0.411 e. The zero-order chi connectivity index (χ0) is 15.2. The molecular weight excluding hydrogens is 273 g/mol. The first-order valence-electron chi connectivity index (χ1n) is 6.03. The molecule has 0 aliphatic heterocycles. The second-order valence-electron chi connectivity index (χ2n) is 4.43. The van der Waals surface area contributed by atoms with Crippen molar-refractivity contribution >= 4 is 5.91 Å². The van der Waals surface area contributed by atoms with Gasteiger partial charge in [0.2, 0.25) is 5.91 Å². The minimum Gasteiger partial charge on any atom is -0.367 e. The summed E-state index contributed by atoms with van der Waals surface area (Å²) < 4.78 is 40.2. The summed E-state index contributed by atoms with van der Waals surface area (Å²) in [4.78, 5) is 11.3. The fourth-order valence-electron chi connectivity index (χ4n) is 1.39. The molecule has 0 aliphatic rings. The molecule has 7 heteroatoms. The molecule has 1 atom stereocenters. The number of ether oxygens (including phenoxy) is 1. The van der Waals surface area contributed by atoms with Crippen molar-refractivity contribution in [3.05, 3.63) is 35.4 Å². The summed E-state index contributed by atoms with van der Waals surface area (Å²) in [5, 5.41) is 2.64. The molecule has 0 bridgehead atoms. The van der Waals surface area contributed by atoms with Crippen LogP contribution in [-0.2, 0) is 22.7 Å². The van der Waals surface area contributed by atoms with Gasteiger partial charge in [0.05, 0.1) is 12.6 Å². The molecule has 0 saturated heterocycles. The van der Waals surface area contributed by atoms with Gasteiger partial charge in [0, 0.05) is 6.54 Å². The Bertz CT molecular complexity index is 430. The van der Waals surface area contributed by atoms with Crippen LogP contribution in [0, 0.1) is 0 Å². The number of alkyl halides is 3. The van der Waals surface area contributed by atoms with Crippen LogP contribution in [0.4, 0.5) is 13.2 Å². The van der Waals surface area contributed by atoms with Gasteiger partial charge in [0.15, 0.2) is 0 Å². The van der Waals surface area contributed by atoms with E-state index in [4.69, 9.17) is 5.73 Å². The zero-order valence-corrected chi connectivity index (χ0v) is 11.0. The highest BCUT2D eigenvalue weighted by Crippen LogP contribution is 2.15. The Kier molecular flexibility index (Phi) is 5.97. The Morgan fingerprint density at radius 3 is 2.35 bits per heavy atom. The lowest BCUT2D eigenvalue weighted by atomic mass is 10.1. The molecule has 4 nitrogen and oxygen atoms in total. The van der Waals surface area contributed by atoms with Gasteiger partial charge in [-0.2, -0.15) is 13.2 Å². The van der Waals surface area contributed by atoms with E-state index in [1.165, 1.54) is 0 Å². The molecule has 1 unspecified atom stereocenters. The molecule has 0 radical (unpaired) electrons. The van der Waals surface area contributed by atoms with Gasteiger partial charge in [-0.3, -0.25) is 4.79 Å². The van der Waals surface area contributed by atoms with E-state index >= 15 is 0 Å². The van der Waals surface area contributed by atoms with Gasteiger partial charge < -0.3 is 15.8 Å². The third-order valence-electron chi connectivity index (χ3n) is 2.44. The van der Waals surface area contributed by atoms with E-state index in [2.05, 4.69) is 10.1 Å². The van der Waals surface area contributed by atoms with E-state index in [1.807, 2.05) is 0 Å². The third kappa shape index (κ3) is 6.53. The molecular formula is C13H17F3N2O2. The van der Waals surface area contributed by atoms with Gasteiger partial charge in [-0.15, -0.1) is 0 Å². The molecule has 0 fully saturated rings. The van der Waals surface area contributed by atoms with Crippen molar-refractivity contribution in [3.8, 4) is 0 Å². The summed E-state index contributed by atoms with van der Waals surface area (Å²) in [7, 11) is 0. The smallest absolute Gasteiger partial charge is 0.367 e. The van der Waals surface area contributed by atoms with Gasteiger partial charge in [0.1, 0.15) is 6.61 Å². The number of rotatable bonds is 6. The standard InChI is InChI=1S/C13H17F3N2O2/c1-9(17)12(19)18-6-10-2-4-11(5-3-10)7-20-8-13(14,15)16/h2-5,9H,6-8,17H2,1H3,(H,18,19). The van der Waals surface area contributed by atoms with Crippen molar-refractivity contribution in [1.29, 1.82) is 0 Å². The number of hydrogen-bond donors (Lipinski definition) is 2. The SMILES string of the molecule is CC(N)C(=O)NCc1ccc(COCC(F)(F)F)cc1. The number of nitrogens with one attached hydrogen (secondary N) is 1. The van der Waals surface area contributed by atoms with Gasteiger partial charge >= 0.3 is 6.18 Å². The van der Waals surface area contributed by atoms with E-state index in [9.17, 15) is 18.0 Å². The lowest BCUT2D eigenvalue weighted by Gasteiger charge is -2.09. The second-order valence-corrected chi connectivity index (χ2v) is 4.43. The number of carbonyl (C=O) groups is 1. The highest BCUT2D eigenvalue weighted by molar-refractivity contribution is 5.80. The molecule has 1 aromatic carbocycles. The van der Waals surface area contributed by atoms with E-state index in [1.54, 1.807) is 31.2 Å². The van der Waals surface area contributed by atoms with Crippen molar-refractivity contribution in [3.63, 3.8) is 0 Å². The Hall–Kier alpha value is -1.60. The summed E-state index contributed by atoms with van der Waals surface area (Å²) in [6, 6.07) is 6.17. The maximum atomic E-state index is 11.9. The number of amides is 1. The van der Waals surface area contributed by atoms with Crippen molar-refractivity contribution in [2.75, 3.05) is 6.61 Å². The summed E-state index contributed by atoms with van der Waals surface area (Å²) >= 11 is 0. The Labute approximate surface area is 115 Å². The maximum absolute atomic E-state index is 11.9. The van der Waals surface area contributed by atoms with Crippen LogP contribution in [0.5, 0.6) is 0 Å². The lowest BCUT2D eigenvalue weighted by Crippen LogP contribution is -2.37. The summed E-state index contributed by atoms with van der Waals surface area (Å²) in [5.41, 5.74) is 6.86. The summed E-state index contributed by atoms with van der Waals surface area (Å²) in [6.45, 7) is 0.533. The van der Waals surface area contributed by atoms with Crippen molar-refractivity contribution in [2.45, 2.75) is 32.3 Å². The Morgan fingerprint density at radius 2 is 1.85 bits per heavy atom. The number of nitrogens with two attached hydrogens (primary N) is 1. The fourth-order valence-corrected chi connectivity index (χ4v) is 1.39. The molecule has 3 N–H and O–H groups in total. The van der Waals surface area contributed by atoms with Gasteiger partial charge in [-0.1, -0.05) is 24.3 Å². The molecule has 20 heavy (non-hydrogen) atoms. The first kappa shape index (κ1) is 16.5. The van der Waals surface area contributed by atoms with Crippen LogP contribution < -0.4 is 11.1 Å². The zero-order valence-electron chi connectivity index (χ0n) is 11.0. The number of benzene rings is 1. The first-order valence-corrected chi connectivity index (χ1v) is 6.03. The van der Waals surface area contributed by atoms with E-state index in [-0.39, 0.29) is 12.5 Å².